The van der Waals surface area contributed by atoms with E-state index >= 15 is 0 Å². The van der Waals surface area contributed by atoms with Crippen molar-refractivity contribution in [2.75, 3.05) is 26.4 Å². The Balaban J connectivity index is 1.76. The fourth-order valence-electron chi connectivity index (χ4n) is 6.72. The summed E-state index contributed by atoms with van der Waals surface area (Å²) in [7, 11) is 0. The van der Waals surface area contributed by atoms with Gasteiger partial charge in [-0.3, -0.25) is 0 Å². The first-order valence-electron chi connectivity index (χ1n) is 16.1. The van der Waals surface area contributed by atoms with E-state index in [1.807, 2.05) is 36.4 Å². The molecule has 0 aliphatic carbocycles. The molecule has 0 spiro atoms. The number of aliphatic hydroxyl groups excluding tert-OH is 2. The van der Waals surface area contributed by atoms with Gasteiger partial charge in [0.1, 0.15) is 24.7 Å². The van der Waals surface area contributed by atoms with E-state index in [4.69, 9.17) is 9.47 Å². The van der Waals surface area contributed by atoms with Gasteiger partial charge in [-0.2, -0.15) is 0 Å². The zero-order valence-electron chi connectivity index (χ0n) is 26.9. The van der Waals surface area contributed by atoms with Crippen LogP contribution in [0.3, 0.4) is 0 Å². The Kier molecular flexibility index (Phi) is 9.82. The van der Waals surface area contributed by atoms with Crippen molar-refractivity contribution < 1.29 is 19.7 Å². The van der Waals surface area contributed by atoms with Crippen LogP contribution in [-0.2, 0) is 5.41 Å². The number of aliphatic hydroxyl groups is 2. The van der Waals surface area contributed by atoms with Gasteiger partial charge in [0.2, 0.25) is 0 Å². The summed E-state index contributed by atoms with van der Waals surface area (Å²) in [5, 5.41) is 19.3. The average Bonchev–Trinajstić information content (AvgIpc) is 3.13. The van der Waals surface area contributed by atoms with Crippen molar-refractivity contribution in [3.8, 4) is 33.8 Å². The SMILES string of the molecule is Cc1cc(OCCO)c(-c2ccccc2)cc1C(c1ccccc1)(c1ccccc1)c1cc(-c2ccccc2)c(OCCO)cc1C. The molecule has 0 saturated carbocycles. The second-order valence-electron chi connectivity index (χ2n) is 11.7. The Morgan fingerprint density at radius 1 is 0.468 bits per heavy atom. The highest BCUT2D eigenvalue weighted by molar-refractivity contribution is 5.78. The molecule has 0 aliphatic heterocycles. The number of aryl methyl sites for hydroxylation is 2. The second kappa shape index (κ2) is 14.5. The van der Waals surface area contributed by atoms with Crippen molar-refractivity contribution in [3.05, 3.63) is 179 Å². The molecule has 0 unspecified atom stereocenters. The third-order valence-corrected chi connectivity index (χ3v) is 8.74. The van der Waals surface area contributed by atoms with E-state index in [2.05, 4.69) is 123 Å². The van der Waals surface area contributed by atoms with Gasteiger partial charge in [0.15, 0.2) is 0 Å². The van der Waals surface area contributed by atoms with E-state index in [1.54, 1.807) is 0 Å². The minimum atomic E-state index is -0.741. The predicted octanol–water partition coefficient (Wildman–Crippen LogP) is 8.76. The van der Waals surface area contributed by atoms with Crippen LogP contribution in [0.4, 0.5) is 0 Å². The van der Waals surface area contributed by atoms with Gasteiger partial charge >= 0.3 is 0 Å². The van der Waals surface area contributed by atoms with Crippen LogP contribution in [0.1, 0.15) is 33.4 Å². The molecular weight excluding hydrogens is 580 g/mol. The number of benzene rings is 6. The van der Waals surface area contributed by atoms with Crippen LogP contribution in [0.25, 0.3) is 22.3 Å². The fraction of sp³-hybridized carbons (Fsp3) is 0.163. The van der Waals surface area contributed by atoms with Crippen LogP contribution >= 0.6 is 0 Å². The smallest absolute Gasteiger partial charge is 0.127 e. The normalized spacial score (nSPS) is 11.3. The van der Waals surface area contributed by atoms with Gasteiger partial charge in [-0.25, -0.2) is 0 Å². The van der Waals surface area contributed by atoms with Gasteiger partial charge in [-0.1, -0.05) is 121 Å². The van der Waals surface area contributed by atoms with Crippen LogP contribution in [-0.4, -0.2) is 36.6 Å². The Labute approximate surface area is 277 Å². The zero-order valence-corrected chi connectivity index (χ0v) is 26.9. The lowest BCUT2D eigenvalue weighted by Gasteiger charge is -2.40. The van der Waals surface area contributed by atoms with Gasteiger partial charge in [-0.15, -0.1) is 0 Å². The summed E-state index contributed by atoms with van der Waals surface area (Å²) in [5.41, 5.74) is 9.86. The molecule has 47 heavy (non-hydrogen) atoms. The maximum absolute atomic E-state index is 9.67. The number of hydrogen-bond acceptors (Lipinski definition) is 4. The summed E-state index contributed by atoms with van der Waals surface area (Å²) in [6.45, 7) is 4.55. The van der Waals surface area contributed by atoms with E-state index < -0.39 is 5.41 Å². The summed E-state index contributed by atoms with van der Waals surface area (Å²) < 4.78 is 12.3. The van der Waals surface area contributed by atoms with Crippen LogP contribution < -0.4 is 9.47 Å². The highest BCUT2D eigenvalue weighted by atomic mass is 16.5. The maximum Gasteiger partial charge on any atom is 0.127 e. The molecule has 236 valence electrons. The molecule has 2 N–H and O–H groups in total. The van der Waals surface area contributed by atoms with Crippen molar-refractivity contribution in [2.24, 2.45) is 0 Å². The number of ether oxygens (including phenoxy) is 2. The van der Waals surface area contributed by atoms with Crippen molar-refractivity contribution in [2.45, 2.75) is 19.3 Å². The summed E-state index contributed by atoms with van der Waals surface area (Å²) in [6, 6.07) is 50.7. The Bertz CT molecular complexity index is 1760. The van der Waals surface area contributed by atoms with E-state index in [-0.39, 0.29) is 26.4 Å². The molecule has 0 amide bonds. The first-order valence-corrected chi connectivity index (χ1v) is 16.1. The molecule has 6 aromatic rings. The average molecular weight is 621 g/mol. The highest BCUT2D eigenvalue weighted by Crippen LogP contribution is 2.51. The van der Waals surface area contributed by atoms with Crippen LogP contribution in [0.5, 0.6) is 11.5 Å². The highest BCUT2D eigenvalue weighted by Gasteiger charge is 2.41. The minimum Gasteiger partial charge on any atom is -0.491 e. The Morgan fingerprint density at radius 3 is 1.15 bits per heavy atom. The van der Waals surface area contributed by atoms with Crippen LogP contribution in [0, 0.1) is 13.8 Å². The second-order valence-corrected chi connectivity index (χ2v) is 11.7. The van der Waals surface area contributed by atoms with E-state index in [0.29, 0.717) is 0 Å². The molecule has 0 aromatic heterocycles. The molecule has 6 rings (SSSR count). The summed E-state index contributed by atoms with van der Waals surface area (Å²) in [4.78, 5) is 0. The Morgan fingerprint density at radius 2 is 0.809 bits per heavy atom. The summed E-state index contributed by atoms with van der Waals surface area (Å²) in [5.74, 6) is 1.46. The lowest BCUT2D eigenvalue weighted by molar-refractivity contribution is 0.202. The molecule has 4 heteroatoms. The quantitative estimate of drug-likeness (QED) is 0.134. The molecular formula is C43H40O4. The Hall–Kier alpha value is -5.16. The van der Waals surface area contributed by atoms with Gasteiger partial charge < -0.3 is 19.7 Å². The third-order valence-electron chi connectivity index (χ3n) is 8.74. The predicted molar refractivity (Wildman–Crippen MR) is 190 cm³/mol. The third kappa shape index (κ3) is 6.31. The molecule has 0 radical (unpaired) electrons. The molecule has 0 heterocycles. The summed E-state index contributed by atoms with van der Waals surface area (Å²) >= 11 is 0. The minimum absolute atomic E-state index is 0.0703. The molecule has 0 atom stereocenters. The molecule has 0 bridgehead atoms. The number of hydrogen-bond donors (Lipinski definition) is 2. The van der Waals surface area contributed by atoms with E-state index in [1.165, 1.54) is 0 Å². The lowest BCUT2D eigenvalue weighted by Crippen LogP contribution is -2.33. The largest absolute Gasteiger partial charge is 0.491 e. The zero-order chi connectivity index (χ0) is 32.6. The van der Waals surface area contributed by atoms with E-state index in [0.717, 1.165) is 67.1 Å². The van der Waals surface area contributed by atoms with Crippen LogP contribution in [0.2, 0.25) is 0 Å². The van der Waals surface area contributed by atoms with Gasteiger partial charge in [-0.05, 0) is 82.6 Å². The first kappa shape index (κ1) is 31.8. The van der Waals surface area contributed by atoms with E-state index in [9.17, 15) is 10.2 Å². The molecule has 6 aromatic carbocycles. The first-order chi connectivity index (χ1) is 23.1. The topological polar surface area (TPSA) is 58.9 Å². The molecule has 4 nitrogen and oxygen atoms in total. The summed E-state index contributed by atoms with van der Waals surface area (Å²) in [6.07, 6.45) is 0. The van der Waals surface area contributed by atoms with Gasteiger partial charge in [0.25, 0.3) is 0 Å². The van der Waals surface area contributed by atoms with Crippen molar-refractivity contribution in [3.63, 3.8) is 0 Å². The van der Waals surface area contributed by atoms with Crippen molar-refractivity contribution in [1.29, 1.82) is 0 Å². The maximum atomic E-state index is 9.67. The van der Waals surface area contributed by atoms with Gasteiger partial charge in [0.05, 0.1) is 18.6 Å². The lowest BCUT2D eigenvalue weighted by atomic mass is 9.62. The molecule has 0 aliphatic rings. The van der Waals surface area contributed by atoms with Gasteiger partial charge in [0, 0.05) is 11.1 Å². The monoisotopic (exact) mass is 620 g/mol. The number of rotatable bonds is 12. The fourth-order valence-corrected chi connectivity index (χ4v) is 6.72. The standard InChI is InChI=1S/C43H40O4/c1-31-27-41(46-25-23-44)37(33-15-7-3-8-16-33)29-39(31)43(35-19-11-5-12-20-35,36-21-13-6-14-22-36)40-30-38(34-17-9-4-10-18-34)42(28-32(40)2)47-26-24-45/h3-22,27-30,44-45H,23-26H2,1-2H3. The van der Waals surface area contributed by atoms with Crippen LogP contribution in [0.15, 0.2) is 146 Å². The molecule has 0 saturated heterocycles. The van der Waals surface area contributed by atoms with Crippen molar-refractivity contribution in [1.82, 2.24) is 0 Å². The molecule has 0 fully saturated rings. The van der Waals surface area contributed by atoms with Crippen molar-refractivity contribution >= 4 is 0 Å².